The third kappa shape index (κ3) is 3.76. The summed E-state index contributed by atoms with van der Waals surface area (Å²) in [5.41, 5.74) is 1.96. The molecule has 0 bridgehead atoms. The van der Waals surface area contributed by atoms with Gasteiger partial charge in [0, 0.05) is 6.07 Å². The minimum atomic E-state index is -4.12. The number of nitrogens with one attached hydrogen (secondary N) is 2. The Kier molecular flexibility index (Phi) is 5.27. The van der Waals surface area contributed by atoms with Gasteiger partial charge < -0.3 is 14.6 Å². The van der Waals surface area contributed by atoms with Crippen molar-refractivity contribution in [3.05, 3.63) is 48.0 Å². The molecule has 8 nitrogen and oxygen atoms in total. The molecule has 1 amide bonds. The van der Waals surface area contributed by atoms with Crippen LogP contribution in [0.2, 0.25) is 0 Å². The number of sulfonamides is 1. The summed E-state index contributed by atoms with van der Waals surface area (Å²) in [7, 11) is -1.40. The first-order valence-corrected chi connectivity index (χ1v) is 8.19. The van der Waals surface area contributed by atoms with Crippen molar-refractivity contribution in [2.24, 2.45) is 0 Å². The number of hydrazine groups is 1. The number of carbonyl (C=O) groups excluding carboxylic acids is 1. The van der Waals surface area contributed by atoms with Crippen LogP contribution in [0.25, 0.3) is 0 Å². The van der Waals surface area contributed by atoms with Gasteiger partial charge in [-0.1, -0.05) is 12.1 Å². The maximum atomic E-state index is 12.4. The van der Waals surface area contributed by atoms with Gasteiger partial charge >= 0.3 is 0 Å². The second-order valence-corrected chi connectivity index (χ2v) is 6.24. The average Bonchev–Trinajstić information content (AvgIpc) is 2.59. The van der Waals surface area contributed by atoms with E-state index in [0.717, 1.165) is 0 Å². The van der Waals surface area contributed by atoms with Crippen molar-refractivity contribution in [3.63, 3.8) is 0 Å². The van der Waals surface area contributed by atoms with Gasteiger partial charge in [-0.25, -0.2) is 8.42 Å². The number of para-hydroxylation sites is 1. The monoisotopic (exact) mass is 352 g/mol. The molecule has 24 heavy (non-hydrogen) atoms. The predicted octanol–water partition coefficient (Wildman–Crippen LogP) is 1.03. The van der Waals surface area contributed by atoms with E-state index in [1.165, 1.54) is 50.6 Å². The van der Waals surface area contributed by atoms with E-state index < -0.39 is 15.9 Å². The van der Waals surface area contributed by atoms with Gasteiger partial charge in [-0.2, -0.15) is 0 Å². The molecule has 0 radical (unpaired) electrons. The van der Waals surface area contributed by atoms with Gasteiger partial charge in [0.15, 0.2) is 0 Å². The number of hydrogen-bond donors (Lipinski definition) is 3. The van der Waals surface area contributed by atoms with Gasteiger partial charge in [0.05, 0.1) is 19.8 Å². The minimum Gasteiger partial charge on any atom is -0.507 e. The van der Waals surface area contributed by atoms with Gasteiger partial charge in [-0.05, 0) is 24.3 Å². The molecule has 2 aromatic carbocycles. The van der Waals surface area contributed by atoms with E-state index in [-0.39, 0.29) is 22.0 Å². The number of aromatic hydroxyl groups is 1. The fourth-order valence-corrected chi connectivity index (χ4v) is 2.92. The van der Waals surface area contributed by atoms with Crippen molar-refractivity contribution in [2.45, 2.75) is 4.90 Å². The Morgan fingerprint density at radius 2 is 1.79 bits per heavy atom. The second kappa shape index (κ2) is 7.20. The second-order valence-electron chi connectivity index (χ2n) is 4.59. The third-order valence-corrected chi connectivity index (χ3v) is 4.38. The van der Waals surface area contributed by atoms with Crippen molar-refractivity contribution in [1.82, 2.24) is 10.3 Å². The molecule has 0 fully saturated rings. The average molecular weight is 352 g/mol. The normalized spacial score (nSPS) is 10.9. The molecule has 2 aromatic rings. The van der Waals surface area contributed by atoms with Crippen LogP contribution in [-0.4, -0.2) is 33.7 Å². The highest BCUT2D eigenvalue weighted by molar-refractivity contribution is 7.89. The summed E-state index contributed by atoms with van der Waals surface area (Å²) in [6, 6.07) is 9.97. The smallest absolute Gasteiger partial charge is 0.269 e. The number of phenols is 1. The molecule has 9 heteroatoms. The van der Waals surface area contributed by atoms with Crippen molar-refractivity contribution in [1.29, 1.82) is 0 Å². The van der Waals surface area contributed by atoms with Crippen LogP contribution < -0.4 is 19.7 Å². The largest absolute Gasteiger partial charge is 0.507 e. The third-order valence-electron chi connectivity index (χ3n) is 3.11. The Morgan fingerprint density at radius 1 is 1.08 bits per heavy atom. The number of benzene rings is 2. The quantitative estimate of drug-likeness (QED) is 0.669. The molecular formula is C15H16N2O6S. The first-order valence-electron chi connectivity index (χ1n) is 6.71. The highest BCUT2D eigenvalue weighted by atomic mass is 32.2. The van der Waals surface area contributed by atoms with Crippen molar-refractivity contribution in [2.75, 3.05) is 14.2 Å². The van der Waals surface area contributed by atoms with Crippen molar-refractivity contribution < 1.29 is 27.8 Å². The number of hydrogen-bond acceptors (Lipinski definition) is 6. The Bertz CT molecular complexity index is 851. The van der Waals surface area contributed by atoms with Crippen LogP contribution in [0.15, 0.2) is 47.4 Å². The number of ether oxygens (including phenoxy) is 2. The molecule has 0 aliphatic heterocycles. The molecule has 0 aliphatic carbocycles. The van der Waals surface area contributed by atoms with Gasteiger partial charge in [0.25, 0.3) is 15.9 Å². The van der Waals surface area contributed by atoms with Gasteiger partial charge in [-0.15, -0.1) is 4.83 Å². The van der Waals surface area contributed by atoms with Crippen LogP contribution in [0.1, 0.15) is 10.4 Å². The predicted molar refractivity (Wildman–Crippen MR) is 85.4 cm³/mol. The van der Waals surface area contributed by atoms with Gasteiger partial charge in [-0.3, -0.25) is 10.2 Å². The number of phenolic OH excluding ortho intramolecular Hbond substituents is 1. The lowest BCUT2D eigenvalue weighted by Crippen LogP contribution is -2.41. The summed E-state index contributed by atoms with van der Waals surface area (Å²) in [6.07, 6.45) is 0. The first kappa shape index (κ1) is 17.6. The zero-order valence-electron chi connectivity index (χ0n) is 12.9. The van der Waals surface area contributed by atoms with Gasteiger partial charge in [0.1, 0.15) is 22.1 Å². The standard InChI is InChI=1S/C15H16N2O6S/c1-22-10-7-8-13(23-2)14(9-10)24(20,21)17-16-15(19)11-5-3-4-6-12(11)18/h3-9,17-18H,1-2H3,(H,16,19). The van der Waals surface area contributed by atoms with Crippen molar-refractivity contribution >= 4 is 15.9 Å². The molecule has 0 spiro atoms. The minimum absolute atomic E-state index is 0.0715. The zero-order valence-corrected chi connectivity index (χ0v) is 13.8. The lowest BCUT2D eigenvalue weighted by Gasteiger charge is -2.13. The van der Waals surface area contributed by atoms with E-state index in [1.54, 1.807) is 6.07 Å². The van der Waals surface area contributed by atoms with E-state index in [4.69, 9.17) is 9.47 Å². The fraction of sp³-hybridized carbons (Fsp3) is 0.133. The molecule has 128 valence electrons. The maximum absolute atomic E-state index is 12.4. The van der Waals surface area contributed by atoms with Crippen LogP contribution >= 0.6 is 0 Å². The number of carbonyl (C=O) groups is 1. The highest BCUT2D eigenvalue weighted by Crippen LogP contribution is 2.27. The van der Waals surface area contributed by atoms with E-state index in [1.807, 2.05) is 10.3 Å². The highest BCUT2D eigenvalue weighted by Gasteiger charge is 2.22. The Labute approximate surface area is 139 Å². The van der Waals surface area contributed by atoms with Crippen LogP contribution in [0.4, 0.5) is 0 Å². The summed E-state index contributed by atoms with van der Waals surface area (Å²) < 4.78 is 34.8. The molecule has 3 N–H and O–H groups in total. The van der Waals surface area contributed by atoms with E-state index in [0.29, 0.717) is 5.75 Å². The Morgan fingerprint density at radius 3 is 2.42 bits per heavy atom. The Balaban J connectivity index is 2.23. The summed E-state index contributed by atoms with van der Waals surface area (Å²) in [6.45, 7) is 0. The van der Waals surface area contributed by atoms with Gasteiger partial charge in [0.2, 0.25) is 0 Å². The van der Waals surface area contributed by atoms with Crippen LogP contribution in [-0.2, 0) is 10.0 Å². The van der Waals surface area contributed by atoms with E-state index >= 15 is 0 Å². The molecule has 0 aliphatic rings. The maximum Gasteiger partial charge on any atom is 0.269 e. The number of methoxy groups -OCH3 is 2. The molecular weight excluding hydrogens is 336 g/mol. The molecule has 2 rings (SSSR count). The van der Waals surface area contributed by atoms with Crippen molar-refractivity contribution in [3.8, 4) is 17.2 Å². The summed E-state index contributed by atoms with van der Waals surface area (Å²) in [5.74, 6) is -0.685. The summed E-state index contributed by atoms with van der Waals surface area (Å²) >= 11 is 0. The SMILES string of the molecule is COc1ccc(OC)c(S(=O)(=O)NNC(=O)c2ccccc2O)c1. The van der Waals surface area contributed by atoms with Crippen LogP contribution in [0.3, 0.4) is 0 Å². The topological polar surface area (TPSA) is 114 Å². The lowest BCUT2D eigenvalue weighted by molar-refractivity contribution is 0.0942. The van der Waals surface area contributed by atoms with E-state index in [9.17, 15) is 18.3 Å². The first-order chi connectivity index (χ1) is 11.4. The molecule has 0 unspecified atom stereocenters. The summed E-state index contributed by atoms with van der Waals surface area (Å²) in [4.78, 5) is 13.7. The number of rotatable bonds is 6. The molecule has 0 saturated carbocycles. The molecule has 0 saturated heterocycles. The van der Waals surface area contributed by atoms with E-state index in [2.05, 4.69) is 0 Å². The van der Waals surface area contributed by atoms with Crippen LogP contribution in [0, 0.1) is 0 Å². The molecule has 0 aromatic heterocycles. The summed E-state index contributed by atoms with van der Waals surface area (Å²) in [5, 5.41) is 9.60. The zero-order chi connectivity index (χ0) is 17.7. The lowest BCUT2D eigenvalue weighted by atomic mass is 10.2. The van der Waals surface area contributed by atoms with Crippen LogP contribution in [0.5, 0.6) is 17.2 Å². The number of amides is 1. The fourth-order valence-electron chi connectivity index (χ4n) is 1.90. The molecule has 0 heterocycles. The Hall–Kier alpha value is -2.78. The molecule has 0 atom stereocenters.